The number of ether oxygens (including phenoxy) is 1. The Kier molecular flexibility index (Phi) is 7.24. The van der Waals surface area contributed by atoms with Crippen molar-refractivity contribution in [3.8, 4) is 11.1 Å². The van der Waals surface area contributed by atoms with Crippen molar-refractivity contribution in [1.82, 2.24) is 9.71 Å². The summed E-state index contributed by atoms with van der Waals surface area (Å²) in [6.45, 7) is 6.27. The Hall–Kier alpha value is -3.18. The van der Waals surface area contributed by atoms with Gasteiger partial charge in [-0.15, -0.1) is 0 Å². The Morgan fingerprint density at radius 1 is 1.19 bits per heavy atom. The molecule has 0 atom stereocenters. The van der Waals surface area contributed by atoms with Gasteiger partial charge in [0.1, 0.15) is 5.75 Å². The number of sulfonamides is 1. The van der Waals surface area contributed by atoms with E-state index in [1.807, 2.05) is 0 Å². The lowest BCUT2D eigenvalue weighted by Gasteiger charge is -2.18. The standard InChI is InChI=1S/C20H23N3O7S/c1-11(2)22-31(28,29)10-16(24)17-12(3)21-13(4)18(20(25)30-5)19(17)14-7-6-8-15(9-14)23(26)27/h6-9,11,22H,10H2,1-5H3. The second-order valence-electron chi connectivity index (χ2n) is 7.16. The molecular formula is C20H23N3O7S. The molecule has 0 amide bonds. The van der Waals surface area contributed by atoms with Crippen LogP contribution in [0.4, 0.5) is 5.69 Å². The number of rotatable bonds is 8. The lowest BCUT2D eigenvalue weighted by molar-refractivity contribution is -0.384. The summed E-state index contributed by atoms with van der Waals surface area (Å²) >= 11 is 0. The van der Waals surface area contributed by atoms with Crippen LogP contribution >= 0.6 is 0 Å². The maximum atomic E-state index is 13.1. The predicted molar refractivity (Wildman–Crippen MR) is 114 cm³/mol. The number of ketones is 1. The van der Waals surface area contributed by atoms with Crippen molar-refractivity contribution < 1.29 is 27.7 Å². The molecule has 1 N–H and O–H groups in total. The van der Waals surface area contributed by atoms with Crippen LogP contribution in [0, 0.1) is 24.0 Å². The van der Waals surface area contributed by atoms with Gasteiger partial charge in [0.25, 0.3) is 5.69 Å². The topological polar surface area (TPSA) is 146 Å². The fourth-order valence-corrected chi connectivity index (χ4v) is 4.54. The zero-order chi connectivity index (χ0) is 23.5. The van der Waals surface area contributed by atoms with Crippen LogP contribution in [-0.2, 0) is 14.8 Å². The molecule has 1 aromatic carbocycles. The molecule has 0 radical (unpaired) electrons. The van der Waals surface area contributed by atoms with E-state index in [9.17, 15) is 28.1 Å². The molecule has 1 heterocycles. The van der Waals surface area contributed by atoms with Gasteiger partial charge in [-0.3, -0.25) is 19.9 Å². The molecule has 2 rings (SSSR count). The van der Waals surface area contributed by atoms with E-state index in [-0.39, 0.29) is 39.3 Å². The second kappa shape index (κ2) is 9.31. The Balaban J connectivity index is 2.82. The molecule has 166 valence electrons. The molecule has 0 aliphatic rings. The third kappa shape index (κ3) is 5.50. The van der Waals surface area contributed by atoms with Gasteiger partial charge in [-0.2, -0.15) is 0 Å². The van der Waals surface area contributed by atoms with E-state index in [2.05, 4.69) is 9.71 Å². The first-order valence-corrected chi connectivity index (χ1v) is 10.9. The van der Waals surface area contributed by atoms with E-state index in [0.717, 1.165) is 7.11 Å². The molecule has 0 saturated carbocycles. The van der Waals surface area contributed by atoms with E-state index >= 15 is 0 Å². The highest BCUT2D eigenvalue weighted by atomic mass is 32.2. The van der Waals surface area contributed by atoms with Gasteiger partial charge in [-0.25, -0.2) is 17.9 Å². The normalized spacial score (nSPS) is 11.4. The maximum absolute atomic E-state index is 13.1. The average molecular weight is 449 g/mol. The van der Waals surface area contributed by atoms with E-state index in [1.54, 1.807) is 13.8 Å². The van der Waals surface area contributed by atoms with Crippen LogP contribution in [0.3, 0.4) is 0 Å². The first kappa shape index (κ1) is 24.1. The molecular weight excluding hydrogens is 426 g/mol. The molecule has 0 saturated heterocycles. The van der Waals surface area contributed by atoms with Crippen LogP contribution in [0.2, 0.25) is 0 Å². The molecule has 11 heteroatoms. The molecule has 0 aliphatic carbocycles. The Bertz CT molecular complexity index is 1160. The van der Waals surface area contributed by atoms with Gasteiger partial charge < -0.3 is 4.74 Å². The van der Waals surface area contributed by atoms with Crippen LogP contribution in [0.5, 0.6) is 0 Å². The second-order valence-corrected chi connectivity index (χ2v) is 8.92. The number of esters is 1. The summed E-state index contributed by atoms with van der Waals surface area (Å²) in [5.74, 6) is -2.48. The van der Waals surface area contributed by atoms with Crippen LogP contribution < -0.4 is 4.72 Å². The minimum atomic E-state index is -3.97. The molecule has 0 spiro atoms. The highest BCUT2D eigenvalue weighted by molar-refractivity contribution is 7.90. The van der Waals surface area contributed by atoms with Gasteiger partial charge in [0.15, 0.2) is 5.78 Å². The first-order valence-electron chi connectivity index (χ1n) is 9.25. The van der Waals surface area contributed by atoms with Crippen molar-refractivity contribution in [2.45, 2.75) is 33.7 Å². The van der Waals surface area contributed by atoms with Crippen molar-refractivity contribution in [2.75, 3.05) is 12.9 Å². The SMILES string of the molecule is COC(=O)c1c(C)nc(C)c(C(=O)CS(=O)(=O)NC(C)C)c1-c1cccc([N+](=O)[O-])c1. The minimum absolute atomic E-state index is 0.0466. The molecule has 2 aromatic rings. The van der Waals surface area contributed by atoms with Crippen LogP contribution in [0.1, 0.15) is 46.0 Å². The third-order valence-electron chi connectivity index (χ3n) is 4.31. The number of aromatic nitrogens is 1. The summed E-state index contributed by atoms with van der Waals surface area (Å²) in [4.78, 5) is 40.5. The van der Waals surface area contributed by atoms with Crippen molar-refractivity contribution >= 4 is 27.5 Å². The van der Waals surface area contributed by atoms with Crippen LogP contribution in [-0.4, -0.2) is 49.0 Å². The summed E-state index contributed by atoms with van der Waals surface area (Å²) in [7, 11) is -2.82. The molecule has 0 bridgehead atoms. The molecule has 0 unspecified atom stereocenters. The molecule has 0 fully saturated rings. The molecule has 31 heavy (non-hydrogen) atoms. The zero-order valence-corrected chi connectivity index (χ0v) is 18.6. The lowest BCUT2D eigenvalue weighted by atomic mass is 9.90. The predicted octanol–water partition coefficient (Wildman–Crippen LogP) is 2.57. The van der Waals surface area contributed by atoms with Gasteiger partial charge in [0.2, 0.25) is 10.0 Å². The third-order valence-corrected chi connectivity index (χ3v) is 5.78. The summed E-state index contributed by atoms with van der Waals surface area (Å²) in [6.07, 6.45) is 0. The summed E-state index contributed by atoms with van der Waals surface area (Å²) in [5, 5.41) is 11.2. The number of nitrogens with zero attached hydrogens (tertiary/aromatic N) is 2. The number of Topliss-reactive ketones (excluding diaryl/α,β-unsaturated/α-hetero) is 1. The van der Waals surface area contributed by atoms with Gasteiger partial charge in [-0.1, -0.05) is 12.1 Å². The number of nitro benzene ring substituents is 1. The monoisotopic (exact) mass is 449 g/mol. The fraction of sp³-hybridized carbons (Fsp3) is 0.350. The van der Waals surface area contributed by atoms with Crippen molar-refractivity contribution in [3.63, 3.8) is 0 Å². The Morgan fingerprint density at radius 3 is 2.35 bits per heavy atom. The van der Waals surface area contributed by atoms with Gasteiger partial charge in [0.05, 0.1) is 23.3 Å². The average Bonchev–Trinajstić information content (AvgIpc) is 2.65. The largest absolute Gasteiger partial charge is 0.465 e. The van der Waals surface area contributed by atoms with E-state index < -0.39 is 38.5 Å². The number of hydrogen-bond acceptors (Lipinski definition) is 8. The lowest BCUT2D eigenvalue weighted by Crippen LogP contribution is -2.35. The number of benzene rings is 1. The summed E-state index contributed by atoms with van der Waals surface area (Å²) in [6, 6.07) is 4.95. The number of pyridine rings is 1. The van der Waals surface area contributed by atoms with Crippen LogP contribution in [0.25, 0.3) is 11.1 Å². The van der Waals surface area contributed by atoms with E-state index in [0.29, 0.717) is 0 Å². The first-order chi connectivity index (χ1) is 14.4. The minimum Gasteiger partial charge on any atom is -0.465 e. The summed E-state index contributed by atoms with van der Waals surface area (Å²) in [5.41, 5.74) is 0.243. The summed E-state index contributed by atoms with van der Waals surface area (Å²) < 4.78 is 31.8. The Morgan fingerprint density at radius 2 is 1.81 bits per heavy atom. The Labute approximate surface area is 179 Å². The number of hydrogen-bond donors (Lipinski definition) is 1. The number of carbonyl (C=O) groups excluding carboxylic acids is 2. The molecule has 10 nitrogen and oxygen atoms in total. The van der Waals surface area contributed by atoms with E-state index in [1.165, 1.54) is 38.1 Å². The molecule has 0 aliphatic heterocycles. The number of non-ortho nitro benzene ring substituents is 1. The van der Waals surface area contributed by atoms with Crippen molar-refractivity contribution in [3.05, 3.63) is 56.9 Å². The highest BCUT2D eigenvalue weighted by Gasteiger charge is 2.29. The number of nitro groups is 1. The van der Waals surface area contributed by atoms with Crippen LogP contribution in [0.15, 0.2) is 24.3 Å². The van der Waals surface area contributed by atoms with Gasteiger partial charge >= 0.3 is 5.97 Å². The van der Waals surface area contributed by atoms with Gasteiger partial charge in [0, 0.05) is 35.0 Å². The number of nitrogens with one attached hydrogen (secondary N) is 1. The van der Waals surface area contributed by atoms with Crippen molar-refractivity contribution in [2.24, 2.45) is 0 Å². The smallest absolute Gasteiger partial charge is 0.340 e. The zero-order valence-electron chi connectivity index (χ0n) is 17.8. The maximum Gasteiger partial charge on any atom is 0.340 e. The molecule has 1 aromatic heterocycles. The quantitative estimate of drug-likeness (QED) is 0.280. The number of aryl methyl sites for hydroxylation is 2. The number of carbonyl (C=O) groups is 2. The van der Waals surface area contributed by atoms with Gasteiger partial charge in [-0.05, 0) is 33.3 Å². The van der Waals surface area contributed by atoms with E-state index in [4.69, 9.17) is 4.74 Å². The fourth-order valence-electron chi connectivity index (χ4n) is 3.25. The highest BCUT2D eigenvalue weighted by Crippen LogP contribution is 2.34. The number of methoxy groups -OCH3 is 1. The van der Waals surface area contributed by atoms with Crippen molar-refractivity contribution in [1.29, 1.82) is 0 Å².